The second kappa shape index (κ2) is 6.20. The zero-order valence-electron chi connectivity index (χ0n) is 12.2. The van der Waals surface area contributed by atoms with E-state index in [1.165, 1.54) is 25.3 Å². The lowest BCUT2D eigenvalue weighted by atomic mass is 9.93. The lowest BCUT2D eigenvalue weighted by molar-refractivity contribution is 0.409. The molecule has 0 heterocycles. The van der Waals surface area contributed by atoms with Crippen molar-refractivity contribution in [2.45, 2.75) is 19.9 Å². The Morgan fingerprint density at radius 1 is 1.10 bits per heavy atom. The average Bonchev–Trinajstić information content (AvgIpc) is 2.43. The van der Waals surface area contributed by atoms with Gasteiger partial charge in [-0.1, -0.05) is 12.1 Å². The van der Waals surface area contributed by atoms with Gasteiger partial charge in [0.15, 0.2) is 0 Å². The molecule has 5 heteroatoms. The van der Waals surface area contributed by atoms with Gasteiger partial charge in [0.05, 0.1) is 13.2 Å². The Morgan fingerprint density at radius 2 is 1.81 bits per heavy atom. The summed E-state index contributed by atoms with van der Waals surface area (Å²) in [5, 5.41) is 0. The summed E-state index contributed by atoms with van der Waals surface area (Å²) in [7, 11) is 1.46. The molecule has 0 bridgehead atoms. The second-order valence-corrected chi connectivity index (χ2v) is 4.96. The number of benzene rings is 2. The predicted molar refractivity (Wildman–Crippen MR) is 78.0 cm³/mol. The summed E-state index contributed by atoms with van der Waals surface area (Å²) in [5.41, 5.74) is 4.62. The third-order valence-electron chi connectivity index (χ3n) is 3.45. The minimum Gasteiger partial charge on any atom is -0.497 e. The fraction of sp³-hybridized carbons (Fsp3) is 0.250. The monoisotopic (exact) mass is 292 g/mol. The summed E-state index contributed by atoms with van der Waals surface area (Å²) >= 11 is 0. The number of aryl methyl sites for hydroxylation is 2. The molecule has 2 aromatic carbocycles. The highest BCUT2D eigenvalue weighted by Gasteiger charge is 2.22. The highest BCUT2D eigenvalue weighted by molar-refractivity contribution is 5.42. The molecular formula is C16H18F2N2O. The molecule has 0 saturated carbocycles. The van der Waals surface area contributed by atoms with E-state index in [-0.39, 0.29) is 5.56 Å². The van der Waals surface area contributed by atoms with Gasteiger partial charge in [-0.25, -0.2) is 14.2 Å². The third kappa shape index (κ3) is 3.04. The molecule has 0 aliphatic rings. The molecule has 0 saturated heterocycles. The Labute approximate surface area is 122 Å². The topological polar surface area (TPSA) is 47.3 Å². The van der Waals surface area contributed by atoms with Crippen molar-refractivity contribution in [3.8, 4) is 5.75 Å². The first kappa shape index (κ1) is 15.4. The van der Waals surface area contributed by atoms with Crippen LogP contribution >= 0.6 is 0 Å². The molecule has 0 fully saturated rings. The van der Waals surface area contributed by atoms with Crippen LogP contribution in [0.4, 0.5) is 8.78 Å². The molecule has 0 radical (unpaired) electrons. The van der Waals surface area contributed by atoms with Crippen LogP contribution < -0.4 is 16.0 Å². The summed E-state index contributed by atoms with van der Waals surface area (Å²) in [6.07, 6.45) is 0. The number of hydrogen-bond donors (Lipinski definition) is 2. The number of nitrogens with two attached hydrogens (primary N) is 1. The SMILES string of the molecule is COc1ccc(C(NN)c2c(C)cc(C)cc2F)c(F)c1. The van der Waals surface area contributed by atoms with Crippen LogP contribution in [0.5, 0.6) is 5.75 Å². The molecule has 1 unspecified atom stereocenters. The molecule has 112 valence electrons. The molecule has 0 aromatic heterocycles. The zero-order valence-corrected chi connectivity index (χ0v) is 12.2. The lowest BCUT2D eigenvalue weighted by Gasteiger charge is -2.21. The van der Waals surface area contributed by atoms with Crippen molar-refractivity contribution in [2.75, 3.05) is 7.11 Å². The first-order chi connectivity index (χ1) is 9.97. The van der Waals surface area contributed by atoms with Crippen molar-refractivity contribution in [1.29, 1.82) is 0 Å². The van der Waals surface area contributed by atoms with E-state index in [9.17, 15) is 8.78 Å². The lowest BCUT2D eigenvalue weighted by Crippen LogP contribution is -2.31. The van der Waals surface area contributed by atoms with Crippen molar-refractivity contribution in [3.63, 3.8) is 0 Å². The highest BCUT2D eigenvalue weighted by atomic mass is 19.1. The van der Waals surface area contributed by atoms with Crippen LogP contribution in [0.15, 0.2) is 30.3 Å². The molecule has 21 heavy (non-hydrogen) atoms. The number of hydrazine groups is 1. The Balaban J connectivity index is 2.55. The molecular weight excluding hydrogens is 274 g/mol. The van der Waals surface area contributed by atoms with Gasteiger partial charge in [-0.05, 0) is 37.1 Å². The molecule has 3 N–H and O–H groups in total. The minimum absolute atomic E-state index is 0.268. The van der Waals surface area contributed by atoms with E-state index in [1.54, 1.807) is 19.9 Å². The molecule has 0 amide bonds. The maximum absolute atomic E-state index is 14.3. The summed E-state index contributed by atoms with van der Waals surface area (Å²) < 4.78 is 33.4. The quantitative estimate of drug-likeness (QED) is 0.672. The smallest absolute Gasteiger partial charge is 0.132 e. The molecule has 0 aliphatic heterocycles. The fourth-order valence-corrected chi connectivity index (χ4v) is 2.49. The number of nitrogens with one attached hydrogen (secondary N) is 1. The Bertz CT molecular complexity index is 636. The number of ether oxygens (including phenoxy) is 1. The average molecular weight is 292 g/mol. The molecule has 3 nitrogen and oxygen atoms in total. The van der Waals surface area contributed by atoms with Gasteiger partial charge >= 0.3 is 0 Å². The Hall–Kier alpha value is -1.98. The van der Waals surface area contributed by atoms with E-state index in [4.69, 9.17) is 10.6 Å². The van der Waals surface area contributed by atoms with Gasteiger partial charge in [0, 0.05) is 17.2 Å². The number of methoxy groups -OCH3 is 1. The normalized spacial score (nSPS) is 12.3. The maximum atomic E-state index is 14.3. The second-order valence-electron chi connectivity index (χ2n) is 4.96. The van der Waals surface area contributed by atoms with Gasteiger partial charge in [0.2, 0.25) is 0 Å². The summed E-state index contributed by atoms with van der Waals surface area (Å²) in [5.74, 6) is 5.02. The van der Waals surface area contributed by atoms with E-state index in [2.05, 4.69) is 5.43 Å². The van der Waals surface area contributed by atoms with Crippen LogP contribution in [0.2, 0.25) is 0 Å². The first-order valence-electron chi connectivity index (χ1n) is 6.54. The van der Waals surface area contributed by atoms with E-state index in [1.807, 2.05) is 6.07 Å². The summed E-state index contributed by atoms with van der Waals surface area (Å²) in [6, 6.07) is 6.89. The molecule has 0 aliphatic carbocycles. The van der Waals surface area contributed by atoms with Gasteiger partial charge in [0.1, 0.15) is 17.4 Å². The summed E-state index contributed by atoms with van der Waals surface area (Å²) in [6.45, 7) is 3.58. The van der Waals surface area contributed by atoms with Gasteiger partial charge < -0.3 is 4.74 Å². The van der Waals surface area contributed by atoms with Crippen molar-refractivity contribution in [2.24, 2.45) is 5.84 Å². The van der Waals surface area contributed by atoms with Crippen LogP contribution in [0, 0.1) is 25.5 Å². The van der Waals surface area contributed by atoms with E-state index < -0.39 is 17.7 Å². The van der Waals surface area contributed by atoms with Crippen LogP contribution in [0.25, 0.3) is 0 Å². The van der Waals surface area contributed by atoms with Crippen LogP contribution in [0.1, 0.15) is 28.3 Å². The fourth-order valence-electron chi connectivity index (χ4n) is 2.49. The van der Waals surface area contributed by atoms with Gasteiger partial charge in [-0.15, -0.1) is 0 Å². The van der Waals surface area contributed by atoms with Crippen molar-refractivity contribution in [3.05, 3.63) is 64.2 Å². The van der Waals surface area contributed by atoms with Gasteiger partial charge in [-0.3, -0.25) is 5.84 Å². The largest absolute Gasteiger partial charge is 0.497 e. The minimum atomic E-state index is -0.767. The summed E-state index contributed by atoms with van der Waals surface area (Å²) in [4.78, 5) is 0. The van der Waals surface area contributed by atoms with Crippen molar-refractivity contribution < 1.29 is 13.5 Å². The molecule has 2 rings (SSSR count). The van der Waals surface area contributed by atoms with Crippen molar-refractivity contribution >= 4 is 0 Å². The van der Waals surface area contributed by atoms with Crippen LogP contribution in [-0.4, -0.2) is 7.11 Å². The van der Waals surface area contributed by atoms with Crippen LogP contribution in [-0.2, 0) is 0 Å². The molecule has 1 atom stereocenters. The molecule has 2 aromatic rings. The molecule has 0 spiro atoms. The number of hydrogen-bond acceptors (Lipinski definition) is 3. The maximum Gasteiger partial charge on any atom is 0.132 e. The number of rotatable bonds is 4. The zero-order chi connectivity index (χ0) is 15.6. The highest BCUT2D eigenvalue weighted by Crippen LogP contribution is 2.30. The van der Waals surface area contributed by atoms with Gasteiger partial charge in [-0.2, -0.15) is 0 Å². The first-order valence-corrected chi connectivity index (χ1v) is 6.54. The number of halogens is 2. The van der Waals surface area contributed by atoms with E-state index in [0.717, 1.165) is 5.56 Å². The van der Waals surface area contributed by atoms with E-state index >= 15 is 0 Å². The Kier molecular flexibility index (Phi) is 4.55. The predicted octanol–water partition coefficient (Wildman–Crippen LogP) is 3.14. The van der Waals surface area contributed by atoms with Crippen LogP contribution in [0.3, 0.4) is 0 Å². The standard InChI is InChI=1S/C16H18F2N2O/c1-9-6-10(2)15(14(18)7-9)16(20-19)12-5-4-11(21-3)8-13(12)17/h4-8,16,20H,19H2,1-3H3. The third-order valence-corrected chi connectivity index (χ3v) is 3.45. The van der Waals surface area contributed by atoms with Gasteiger partial charge in [0.25, 0.3) is 0 Å². The Morgan fingerprint density at radius 3 is 2.33 bits per heavy atom. The van der Waals surface area contributed by atoms with Crippen molar-refractivity contribution in [1.82, 2.24) is 5.43 Å². The van der Waals surface area contributed by atoms with E-state index in [0.29, 0.717) is 16.9 Å².